The van der Waals surface area contributed by atoms with Crippen LogP contribution in [0.25, 0.3) is 0 Å². The van der Waals surface area contributed by atoms with Gasteiger partial charge in [0.2, 0.25) is 0 Å². The van der Waals surface area contributed by atoms with Crippen LogP contribution in [0.5, 0.6) is 0 Å². The van der Waals surface area contributed by atoms with Gasteiger partial charge in [-0.1, -0.05) is 11.6 Å². The third-order valence-electron chi connectivity index (χ3n) is 2.62. The fourth-order valence-corrected chi connectivity index (χ4v) is 2.55. The predicted molar refractivity (Wildman–Crippen MR) is 93.2 cm³/mol. The normalized spacial score (nSPS) is 10.3. The molecular weight excluding hydrogens is 421 g/mol. The van der Waals surface area contributed by atoms with Gasteiger partial charge in [0.1, 0.15) is 5.82 Å². The maximum absolute atomic E-state index is 12.4. The first-order valence-corrected chi connectivity index (χ1v) is 8.13. The van der Waals surface area contributed by atoms with E-state index >= 15 is 0 Å². The number of halogens is 3. The Morgan fingerprint density at radius 2 is 2.10 bits per heavy atom. The Bertz CT molecular complexity index is 679. The summed E-state index contributed by atoms with van der Waals surface area (Å²) in [7, 11) is 0. The van der Waals surface area contributed by atoms with Gasteiger partial charge in [0.25, 0.3) is 5.91 Å². The predicted octanol–water partition coefficient (Wildman–Crippen LogP) is 4.94. The van der Waals surface area contributed by atoms with E-state index in [2.05, 4.69) is 47.5 Å². The molecule has 1 heterocycles. The molecule has 4 nitrogen and oxygen atoms in total. The van der Waals surface area contributed by atoms with Gasteiger partial charge in [-0.2, -0.15) is 0 Å². The Morgan fingerprint density at radius 1 is 1.33 bits per heavy atom. The lowest BCUT2D eigenvalue weighted by molar-refractivity contribution is 0.102. The van der Waals surface area contributed by atoms with Gasteiger partial charge >= 0.3 is 0 Å². The standard InChI is InChI=1S/C14H12Br2ClN3O/c1-2-18-13-10(5-8(15)7-19-13)14(21)20-12-6-9(17)3-4-11(12)16/h3-7H,2H2,1H3,(H,18,19)(H,20,21). The van der Waals surface area contributed by atoms with Crippen molar-refractivity contribution in [2.24, 2.45) is 0 Å². The fraction of sp³-hybridized carbons (Fsp3) is 0.143. The van der Waals surface area contributed by atoms with E-state index in [0.29, 0.717) is 28.6 Å². The van der Waals surface area contributed by atoms with Gasteiger partial charge in [0.15, 0.2) is 0 Å². The number of nitrogens with one attached hydrogen (secondary N) is 2. The molecule has 0 aliphatic carbocycles. The van der Waals surface area contributed by atoms with Crippen LogP contribution in [-0.4, -0.2) is 17.4 Å². The highest BCUT2D eigenvalue weighted by Crippen LogP contribution is 2.27. The van der Waals surface area contributed by atoms with E-state index in [4.69, 9.17) is 11.6 Å². The molecule has 2 aromatic rings. The molecule has 1 amide bonds. The quantitative estimate of drug-likeness (QED) is 0.718. The van der Waals surface area contributed by atoms with E-state index in [1.54, 1.807) is 30.5 Å². The molecule has 1 aromatic carbocycles. The first-order chi connectivity index (χ1) is 10.0. The Balaban J connectivity index is 2.31. The van der Waals surface area contributed by atoms with Crippen molar-refractivity contribution in [3.05, 3.63) is 50.0 Å². The molecule has 7 heteroatoms. The van der Waals surface area contributed by atoms with Crippen molar-refractivity contribution in [2.75, 3.05) is 17.2 Å². The summed E-state index contributed by atoms with van der Waals surface area (Å²) < 4.78 is 1.49. The lowest BCUT2D eigenvalue weighted by Gasteiger charge is -2.12. The van der Waals surface area contributed by atoms with Crippen molar-refractivity contribution < 1.29 is 4.79 Å². The van der Waals surface area contributed by atoms with Crippen molar-refractivity contribution in [2.45, 2.75) is 6.92 Å². The molecule has 0 aliphatic rings. The number of carbonyl (C=O) groups excluding carboxylic acids is 1. The number of benzene rings is 1. The largest absolute Gasteiger partial charge is 0.370 e. The Kier molecular flexibility index (Phi) is 5.61. The van der Waals surface area contributed by atoms with E-state index in [-0.39, 0.29) is 5.91 Å². The Labute approximate surface area is 144 Å². The summed E-state index contributed by atoms with van der Waals surface area (Å²) in [6, 6.07) is 6.93. The minimum absolute atomic E-state index is 0.261. The van der Waals surface area contributed by atoms with Crippen LogP contribution in [0.15, 0.2) is 39.4 Å². The molecule has 1 aromatic heterocycles. The number of nitrogens with zero attached hydrogens (tertiary/aromatic N) is 1. The number of carbonyl (C=O) groups is 1. The van der Waals surface area contributed by atoms with Crippen LogP contribution >= 0.6 is 43.5 Å². The van der Waals surface area contributed by atoms with Crippen molar-refractivity contribution >= 4 is 60.9 Å². The van der Waals surface area contributed by atoms with E-state index < -0.39 is 0 Å². The van der Waals surface area contributed by atoms with Crippen molar-refractivity contribution in [1.29, 1.82) is 0 Å². The van der Waals surface area contributed by atoms with E-state index in [0.717, 1.165) is 8.95 Å². The highest BCUT2D eigenvalue weighted by Gasteiger charge is 2.14. The number of pyridine rings is 1. The number of amides is 1. The van der Waals surface area contributed by atoms with E-state index in [1.807, 2.05) is 6.92 Å². The minimum atomic E-state index is -0.261. The van der Waals surface area contributed by atoms with Gasteiger partial charge in [-0.3, -0.25) is 4.79 Å². The van der Waals surface area contributed by atoms with Crippen LogP contribution in [0.3, 0.4) is 0 Å². The first-order valence-electron chi connectivity index (χ1n) is 6.17. The zero-order valence-electron chi connectivity index (χ0n) is 11.1. The second kappa shape index (κ2) is 7.24. The number of rotatable bonds is 4. The molecule has 0 atom stereocenters. The van der Waals surface area contributed by atoms with Crippen LogP contribution in [0, 0.1) is 0 Å². The van der Waals surface area contributed by atoms with Crippen LogP contribution < -0.4 is 10.6 Å². The van der Waals surface area contributed by atoms with Crippen LogP contribution in [0.4, 0.5) is 11.5 Å². The summed E-state index contributed by atoms with van der Waals surface area (Å²) in [5.74, 6) is 0.277. The third-order valence-corrected chi connectivity index (χ3v) is 3.98. The summed E-state index contributed by atoms with van der Waals surface area (Å²) in [5, 5.41) is 6.44. The summed E-state index contributed by atoms with van der Waals surface area (Å²) in [4.78, 5) is 16.7. The smallest absolute Gasteiger partial charge is 0.259 e. The number of hydrogen-bond donors (Lipinski definition) is 2. The molecule has 0 saturated heterocycles. The van der Waals surface area contributed by atoms with Crippen LogP contribution in [-0.2, 0) is 0 Å². The van der Waals surface area contributed by atoms with Crippen molar-refractivity contribution in [3.63, 3.8) is 0 Å². The van der Waals surface area contributed by atoms with E-state index in [9.17, 15) is 4.79 Å². The molecular formula is C14H12Br2ClN3O. The molecule has 0 unspecified atom stereocenters. The van der Waals surface area contributed by atoms with Crippen molar-refractivity contribution in [1.82, 2.24) is 4.98 Å². The SMILES string of the molecule is CCNc1ncc(Br)cc1C(=O)Nc1cc(Cl)ccc1Br. The highest BCUT2D eigenvalue weighted by atomic mass is 79.9. The lowest BCUT2D eigenvalue weighted by atomic mass is 10.2. The Morgan fingerprint density at radius 3 is 2.81 bits per heavy atom. The molecule has 0 aliphatic heterocycles. The second-order valence-corrected chi connectivity index (χ2v) is 6.36. The Hall–Kier alpha value is -1.11. The summed E-state index contributed by atoms with van der Waals surface area (Å²) in [6.45, 7) is 2.62. The fourth-order valence-electron chi connectivity index (χ4n) is 1.70. The number of aromatic nitrogens is 1. The van der Waals surface area contributed by atoms with E-state index in [1.165, 1.54) is 0 Å². The van der Waals surface area contributed by atoms with Gasteiger partial charge in [0, 0.05) is 26.7 Å². The highest BCUT2D eigenvalue weighted by molar-refractivity contribution is 9.10. The average molecular weight is 434 g/mol. The first kappa shape index (κ1) is 16.3. The molecule has 0 radical (unpaired) electrons. The molecule has 0 fully saturated rings. The van der Waals surface area contributed by atoms with Gasteiger partial charge < -0.3 is 10.6 Å². The molecule has 2 rings (SSSR count). The van der Waals surface area contributed by atoms with Crippen molar-refractivity contribution in [3.8, 4) is 0 Å². The summed E-state index contributed by atoms with van der Waals surface area (Å²) in [6.07, 6.45) is 1.64. The minimum Gasteiger partial charge on any atom is -0.370 e. The van der Waals surface area contributed by atoms with Gasteiger partial charge in [-0.25, -0.2) is 4.98 Å². The molecule has 0 bridgehead atoms. The monoisotopic (exact) mass is 431 g/mol. The maximum atomic E-state index is 12.4. The number of hydrogen-bond acceptors (Lipinski definition) is 3. The number of anilines is 2. The maximum Gasteiger partial charge on any atom is 0.259 e. The zero-order valence-corrected chi connectivity index (χ0v) is 15.0. The van der Waals surface area contributed by atoms with Gasteiger partial charge in [-0.15, -0.1) is 0 Å². The topological polar surface area (TPSA) is 54.0 Å². The molecule has 0 spiro atoms. The van der Waals surface area contributed by atoms with Crippen LogP contribution in [0.2, 0.25) is 5.02 Å². The zero-order chi connectivity index (χ0) is 15.4. The molecule has 2 N–H and O–H groups in total. The molecule has 21 heavy (non-hydrogen) atoms. The van der Waals surface area contributed by atoms with Gasteiger partial charge in [0.05, 0.1) is 11.3 Å². The molecule has 0 saturated carbocycles. The van der Waals surface area contributed by atoms with Gasteiger partial charge in [-0.05, 0) is 63.0 Å². The summed E-state index contributed by atoms with van der Waals surface area (Å²) in [5.41, 5.74) is 1.06. The average Bonchev–Trinajstić information content (AvgIpc) is 2.45. The lowest BCUT2D eigenvalue weighted by Crippen LogP contribution is -2.16. The summed E-state index contributed by atoms with van der Waals surface area (Å²) >= 11 is 12.7. The van der Waals surface area contributed by atoms with Crippen LogP contribution in [0.1, 0.15) is 17.3 Å². The molecule has 110 valence electrons. The third kappa shape index (κ3) is 4.18. The second-order valence-electron chi connectivity index (χ2n) is 4.16.